The van der Waals surface area contributed by atoms with Crippen LogP contribution in [0.3, 0.4) is 0 Å². The summed E-state index contributed by atoms with van der Waals surface area (Å²) >= 11 is 0. The monoisotopic (exact) mass is 282 g/mol. The minimum Gasteiger partial charge on any atom is -0.390 e. The van der Waals surface area contributed by atoms with Gasteiger partial charge in [-0.1, -0.05) is 0 Å². The van der Waals surface area contributed by atoms with Crippen molar-refractivity contribution < 1.29 is 9.84 Å². The van der Waals surface area contributed by atoms with Crippen LogP contribution in [0.4, 0.5) is 0 Å². The van der Waals surface area contributed by atoms with E-state index in [1.807, 2.05) is 22.8 Å². The summed E-state index contributed by atoms with van der Waals surface area (Å²) in [5, 5.41) is 10.4. The Morgan fingerprint density at radius 2 is 2.16 bits per heavy atom. The average molecular weight is 282 g/mol. The van der Waals surface area contributed by atoms with Gasteiger partial charge in [0.2, 0.25) is 0 Å². The van der Waals surface area contributed by atoms with Gasteiger partial charge in [-0.3, -0.25) is 0 Å². The summed E-state index contributed by atoms with van der Waals surface area (Å²) in [6, 6.07) is 5.86. The predicted molar refractivity (Wildman–Crippen MR) is 81.8 cm³/mol. The molecule has 0 saturated carbocycles. The summed E-state index contributed by atoms with van der Waals surface area (Å²) in [5.41, 5.74) is 1.71. The van der Waals surface area contributed by atoms with Crippen LogP contribution >= 0.6 is 10.0 Å². The smallest absolute Gasteiger partial charge is 0.142 e. The van der Waals surface area contributed by atoms with Gasteiger partial charge < -0.3 is 14.4 Å². The summed E-state index contributed by atoms with van der Waals surface area (Å²) < 4.78 is 7.68. The molecule has 2 aromatic heterocycles. The SMILES string of the molecule is CS(C)(C)CCOCn1c(CO)cc2cccnc21. The van der Waals surface area contributed by atoms with Crippen molar-refractivity contribution in [3.8, 4) is 0 Å². The number of ether oxygens (including phenoxy) is 1. The number of pyridine rings is 1. The van der Waals surface area contributed by atoms with Crippen LogP contribution in [0.2, 0.25) is 0 Å². The van der Waals surface area contributed by atoms with E-state index in [9.17, 15) is 5.11 Å². The summed E-state index contributed by atoms with van der Waals surface area (Å²) in [4.78, 5) is 4.35. The Morgan fingerprint density at radius 1 is 1.37 bits per heavy atom. The van der Waals surface area contributed by atoms with Crippen molar-refractivity contribution >= 4 is 21.1 Å². The average Bonchev–Trinajstić information content (AvgIpc) is 2.71. The molecule has 0 aliphatic rings. The fourth-order valence-corrected chi connectivity index (χ4v) is 2.50. The van der Waals surface area contributed by atoms with E-state index in [0.717, 1.165) is 29.1 Å². The number of aliphatic hydroxyl groups is 1. The zero-order valence-electron chi connectivity index (χ0n) is 11.8. The summed E-state index contributed by atoms with van der Waals surface area (Å²) in [6.45, 7) is 1.20. The molecule has 0 amide bonds. The lowest BCUT2D eigenvalue weighted by Crippen LogP contribution is -2.11. The molecule has 0 aromatic carbocycles. The highest BCUT2D eigenvalue weighted by Gasteiger charge is 2.09. The molecule has 0 fully saturated rings. The second-order valence-corrected chi connectivity index (χ2v) is 10.1. The number of hydrogen-bond acceptors (Lipinski definition) is 3. The Labute approximate surface area is 115 Å². The molecule has 0 bridgehead atoms. The molecule has 0 aliphatic carbocycles. The van der Waals surface area contributed by atoms with Crippen molar-refractivity contribution in [1.29, 1.82) is 0 Å². The van der Waals surface area contributed by atoms with Crippen LogP contribution in [-0.4, -0.2) is 45.8 Å². The van der Waals surface area contributed by atoms with Gasteiger partial charge in [0.15, 0.2) is 0 Å². The summed E-state index contributed by atoms with van der Waals surface area (Å²) in [7, 11) is -0.523. The fourth-order valence-electron chi connectivity index (χ4n) is 1.88. The Kier molecular flexibility index (Phi) is 4.50. The molecule has 0 spiro atoms. The quantitative estimate of drug-likeness (QED) is 0.826. The normalized spacial score (nSPS) is 13.1. The largest absolute Gasteiger partial charge is 0.390 e. The third kappa shape index (κ3) is 3.72. The van der Waals surface area contributed by atoms with Crippen LogP contribution in [0.1, 0.15) is 5.69 Å². The van der Waals surface area contributed by atoms with Crippen LogP contribution < -0.4 is 0 Å². The Morgan fingerprint density at radius 3 is 2.84 bits per heavy atom. The van der Waals surface area contributed by atoms with Gasteiger partial charge in [-0.2, -0.15) is 0 Å². The molecule has 0 unspecified atom stereocenters. The Bertz CT molecular complexity index is 546. The van der Waals surface area contributed by atoms with Gasteiger partial charge in [-0.05, 0) is 37.0 Å². The second-order valence-electron chi connectivity index (χ2n) is 5.47. The first-order chi connectivity index (χ1) is 9.01. The van der Waals surface area contributed by atoms with Crippen LogP contribution in [0.15, 0.2) is 24.4 Å². The van der Waals surface area contributed by atoms with E-state index in [0.29, 0.717) is 6.73 Å². The van der Waals surface area contributed by atoms with Gasteiger partial charge in [0.05, 0.1) is 13.2 Å². The van der Waals surface area contributed by atoms with E-state index < -0.39 is 10.0 Å². The van der Waals surface area contributed by atoms with E-state index in [2.05, 4.69) is 23.8 Å². The number of hydrogen-bond donors (Lipinski definition) is 1. The molecule has 5 heteroatoms. The highest BCUT2D eigenvalue weighted by Crippen LogP contribution is 2.33. The van der Waals surface area contributed by atoms with Gasteiger partial charge in [0.25, 0.3) is 0 Å². The third-order valence-corrected chi connectivity index (χ3v) is 4.36. The van der Waals surface area contributed by atoms with Crippen molar-refractivity contribution in [3.63, 3.8) is 0 Å². The molecule has 2 aromatic rings. The maximum atomic E-state index is 9.41. The van der Waals surface area contributed by atoms with Gasteiger partial charge in [-0.25, -0.2) is 15.0 Å². The number of rotatable bonds is 6. The van der Waals surface area contributed by atoms with Crippen molar-refractivity contribution in [2.24, 2.45) is 0 Å². The van der Waals surface area contributed by atoms with Crippen molar-refractivity contribution in [3.05, 3.63) is 30.1 Å². The van der Waals surface area contributed by atoms with Gasteiger partial charge >= 0.3 is 0 Å². The number of aromatic nitrogens is 2. The molecule has 0 aliphatic heterocycles. The Balaban J connectivity index is 2.07. The maximum Gasteiger partial charge on any atom is 0.142 e. The van der Waals surface area contributed by atoms with Gasteiger partial charge in [-0.15, -0.1) is 0 Å². The topological polar surface area (TPSA) is 47.3 Å². The van der Waals surface area contributed by atoms with Crippen LogP contribution in [0, 0.1) is 0 Å². The van der Waals surface area contributed by atoms with Crippen molar-refractivity contribution in [1.82, 2.24) is 9.55 Å². The molecule has 2 heterocycles. The van der Waals surface area contributed by atoms with E-state index in [-0.39, 0.29) is 6.61 Å². The second kappa shape index (κ2) is 5.94. The third-order valence-electron chi connectivity index (χ3n) is 2.96. The van der Waals surface area contributed by atoms with Gasteiger partial charge in [0.1, 0.15) is 12.4 Å². The van der Waals surface area contributed by atoms with Crippen LogP contribution in [0.25, 0.3) is 11.0 Å². The zero-order chi connectivity index (χ0) is 13.9. The minimum absolute atomic E-state index is 0.00421. The fraction of sp³-hybridized carbons (Fsp3) is 0.500. The molecule has 19 heavy (non-hydrogen) atoms. The highest BCUT2D eigenvalue weighted by molar-refractivity contribution is 8.32. The molecule has 0 atom stereocenters. The standard InChI is InChI=1S/C14H22N2O2S/c1-19(2,3)8-7-18-11-16-13(10-17)9-12-5-4-6-15-14(12)16/h4-6,9,17H,7-8,10-11H2,1-3H3. The highest BCUT2D eigenvalue weighted by atomic mass is 32.3. The Hall–Kier alpha value is -1.04. The first-order valence-corrected chi connectivity index (χ1v) is 9.32. The predicted octanol–water partition coefficient (Wildman–Crippen LogP) is 2.20. The molecular formula is C14H22N2O2S. The van der Waals surface area contributed by atoms with E-state index in [1.165, 1.54) is 0 Å². The molecule has 0 saturated heterocycles. The van der Waals surface area contributed by atoms with E-state index >= 15 is 0 Å². The van der Waals surface area contributed by atoms with Crippen LogP contribution in [0.5, 0.6) is 0 Å². The van der Waals surface area contributed by atoms with E-state index in [1.54, 1.807) is 6.20 Å². The van der Waals surface area contributed by atoms with Crippen molar-refractivity contribution in [2.45, 2.75) is 13.3 Å². The lowest BCUT2D eigenvalue weighted by Gasteiger charge is -2.24. The first-order valence-electron chi connectivity index (χ1n) is 6.29. The van der Waals surface area contributed by atoms with Crippen molar-refractivity contribution in [2.75, 3.05) is 31.1 Å². The minimum atomic E-state index is -0.523. The lowest BCUT2D eigenvalue weighted by molar-refractivity contribution is 0.0874. The van der Waals surface area contributed by atoms with Gasteiger partial charge in [0, 0.05) is 23.0 Å². The summed E-state index contributed by atoms with van der Waals surface area (Å²) in [6.07, 6.45) is 8.60. The maximum absolute atomic E-state index is 9.41. The molecule has 0 radical (unpaired) electrons. The van der Waals surface area contributed by atoms with Crippen LogP contribution in [-0.2, 0) is 18.1 Å². The molecule has 1 N–H and O–H groups in total. The summed E-state index contributed by atoms with van der Waals surface area (Å²) in [5.74, 6) is 1.09. The number of aliphatic hydroxyl groups excluding tert-OH is 1. The zero-order valence-corrected chi connectivity index (χ0v) is 12.6. The van der Waals surface area contributed by atoms with E-state index in [4.69, 9.17) is 4.74 Å². The molecule has 106 valence electrons. The first kappa shape index (κ1) is 14.4. The number of fused-ring (bicyclic) bond motifs is 1. The molecular weight excluding hydrogens is 260 g/mol. The molecule has 2 rings (SSSR count). The number of nitrogens with zero attached hydrogens (tertiary/aromatic N) is 2. The molecule has 4 nitrogen and oxygen atoms in total. The lowest BCUT2D eigenvalue weighted by atomic mass is 10.3.